The van der Waals surface area contributed by atoms with Gasteiger partial charge in [0, 0.05) is 12.1 Å². The molecular formula is C12H13NO5. The van der Waals surface area contributed by atoms with Crippen molar-refractivity contribution < 1.29 is 19.9 Å². The molecule has 2 N–H and O–H groups in total. The predicted octanol–water partition coefficient (Wildman–Crippen LogP) is 0.919. The summed E-state index contributed by atoms with van der Waals surface area (Å²) in [5.74, 6) is -0.532. The van der Waals surface area contributed by atoms with Crippen LogP contribution in [0.25, 0.3) is 6.08 Å². The van der Waals surface area contributed by atoms with Crippen molar-refractivity contribution in [3.8, 4) is 0 Å². The Morgan fingerprint density at radius 3 is 2.33 bits per heavy atom. The van der Waals surface area contributed by atoms with Crippen LogP contribution < -0.4 is 0 Å². The van der Waals surface area contributed by atoms with Crippen LogP contribution in [0, 0.1) is 10.1 Å². The first-order chi connectivity index (χ1) is 8.41. The largest absolute Gasteiger partial charge is 0.386 e. The summed E-state index contributed by atoms with van der Waals surface area (Å²) in [6, 6.07) is 5.66. The summed E-state index contributed by atoms with van der Waals surface area (Å²) < 4.78 is 0. The lowest BCUT2D eigenvalue weighted by molar-refractivity contribution is -0.384. The standard InChI is InChI=1S/C12H13NO5/c1-8(14)12(16)11(15)7-4-9-2-5-10(6-3-9)13(17)18/h2-7,11-12,15-16H,1H3/b7-4+. The Labute approximate surface area is 103 Å². The Morgan fingerprint density at radius 2 is 1.89 bits per heavy atom. The average Bonchev–Trinajstić information content (AvgIpc) is 2.35. The highest BCUT2D eigenvalue weighted by molar-refractivity contribution is 5.81. The number of benzene rings is 1. The molecule has 2 unspecified atom stereocenters. The van der Waals surface area contributed by atoms with E-state index in [-0.39, 0.29) is 5.69 Å². The summed E-state index contributed by atoms with van der Waals surface area (Å²) >= 11 is 0. The van der Waals surface area contributed by atoms with Crippen molar-refractivity contribution in [2.45, 2.75) is 19.1 Å². The molecule has 0 bridgehead atoms. The van der Waals surface area contributed by atoms with E-state index in [4.69, 9.17) is 0 Å². The van der Waals surface area contributed by atoms with Gasteiger partial charge in [-0.05, 0) is 24.6 Å². The van der Waals surface area contributed by atoms with E-state index in [1.165, 1.54) is 43.3 Å². The number of hydrogen-bond acceptors (Lipinski definition) is 5. The molecule has 6 heteroatoms. The van der Waals surface area contributed by atoms with Gasteiger partial charge in [-0.2, -0.15) is 0 Å². The van der Waals surface area contributed by atoms with Gasteiger partial charge in [0.1, 0.15) is 12.2 Å². The van der Waals surface area contributed by atoms with Crippen LogP contribution in [0.15, 0.2) is 30.3 Å². The number of hydrogen-bond donors (Lipinski definition) is 2. The Bertz CT molecular complexity index is 466. The van der Waals surface area contributed by atoms with Crippen molar-refractivity contribution in [3.63, 3.8) is 0 Å². The van der Waals surface area contributed by atoms with E-state index < -0.39 is 22.9 Å². The van der Waals surface area contributed by atoms with Gasteiger partial charge < -0.3 is 10.2 Å². The van der Waals surface area contributed by atoms with E-state index in [1.54, 1.807) is 0 Å². The molecule has 1 aromatic rings. The van der Waals surface area contributed by atoms with E-state index >= 15 is 0 Å². The van der Waals surface area contributed by atoms with E-state index in [2.05, 4.69) is 0 Å². The second kappa shape index (κ2) is 6.04. The van der Waals surface area contributed by atoms with Crippen molar-refractivity contribution in [3.05, 3.63) is 46.0 Å². The molecule has 96 valence electrons. The third-order valence-electron chi connectivity index (χ3n) is 2.33. The number of non-ortho nitro benzene ring substituents is 1. The normalized spacial score (nSPS) is 14.4. The smallest absolute Gasteiger partial charge is 0.269 e. The van der Waals surface area contributed by atoms with Crippen LogP contribution in [0.3, 0.4) is 0 Å². The molecule has 0 aliphatic heterocycles. The molecule has 0 fully saturated rings. The number of nitro benzene ring substituents is 1. The SMILES string of the molecule is CC(=O)C(O)C(O)/C=C/c1ccc([N+](=O)[O-])cc1. The highest BCUT2D eigenvalue weighted by atomic mass is 16.6. The molecule has 1 rings (SSSR count). The summed E-state index contributed by atoms with van der Waals surface area (Å²) in [7, 11) is 0. The summed E-state index contributed by atoms with van der Waals surface area (Å²) in [5.41, 5.74) is 0.590. The first-order valence-electron chi connectivity index (χ1n) is 5.21. The zero-order valence-electron chi connectivity index (χ0n) is 9.69. The molecule has 0 saturated carbocycles. The lowest BCUT2D eigenvalue weighted by Gasteiger charge is -2.10. The number of aliphatic hydroxyl groups is 2. The fourth-order valence-corrected chi connectivity index (χ4v) is 1.26. The molecule has 0 amide bonds. The number of rotatable bonds is 5. The van der Waals surface area contributed by atoms with Gasteiger partial charge in [0.05, 0.1) is 4.92 Å². The number of aliphatic hydroxyl groups excluding tert-OH is 2. The summed E-state index contributed by atoms with van der Waals surface area (Å²) in [6.45, 7) is 1.17. The summed E-state index contributed by atoms with van der Waals surface area (Å²) in [4.78, 5) is 20.7. The number of carbonyl (C=O) groups excluding carboxylic acids is 1. The molecule has 0 radical (unpaired) electrons. The molecular weight excluding hydrogens is 238 g/mol. The van der Waals surface area contributed by atoms with Crippen LogP contribution >= 0.6 is 0 Å². The topological polar surface area (TPSA) is 101 Å². The van der Waals surface area contributed by atoms with Crippen LogP contribution in [-0.4, -0.2) is 33.1 Å². The van der Waals surface area contributed by atoms with Gasteiger partial charge in [-0.1, -0.05) is 12.2 Å². The van der Waals surface area contributed by atoms with Crippen LogP contribution in [0.4, 0.5) is 5.69 Å². The zero-order valence-corrected chi connectivity index (χ0v) is 9.69. The molecule has 6 nitrogen and oxygen atoms in total. The molecule has 0 saturated heterocycles. The molecule has 0 heterocycles. The zero-order chi connectivity index (χ0) is 13.7. The number of nitro groups is 1. The summed E-state index contributed by atoms with van der Waals surface area (Å²) in [6.07, 6.45) is -0.0228. The van der Waals surface area contributed by atoms with Gasteiger partial charge in [-0.3, -0.25) is 14.9 Å². The maximum atomic E-state index is 10.8. The Kier molecular flexibility index (Phi) is 4.70. The van der Waals surface area contributed by atoms with Crippen molar-refractivity contribution in [1.82, 2.24) is 0 Å². The Balaban J connectivity index is 2.72. The minimum Gasteiger partial charge on any atom is -0.386 e. The number of nitrogens with zero attached hydrogens (tertiary/aromatic N) is 1. The fraction of sp³-hybridized carbons (Fsp3) is 0.250. The molecule has 1 aromatic carbocycles. The second-order valence-electron chi connectivity index (χ2n) is 3.75. The third kappa shape index (κ3) is 3.76. The molecule has 0 aromatic heterocycles. The third-order valence-corrected chi connectivity index (χ3v) is 2.33. The quantitative estimate of drug-likeness (QED) is 0.598. The first kappa shape index (κ1) is 14.0. The second-order valence-corrected chi connectivity index (χ2v) is 3.75. The van der Waals surface area contributed by atoms with E-state index in [0.29, 0.717) is 5.56 Å². The number of ketones is 1. The van der Waals surface area contributed by atoms with Crippen LogP contribution in [-0.2, 0) is 4.79 Å². The van der Waals surface area contributed by atoms with Crippen molar-refractivity contribution in [1.29, 1.82) is 0 Å². The number of Topliss-reactive ketones (excluding diaryl/α,β-unsaturated/α-hetero) is 1. The summed E-state index contributed by atoms with van der Waals surface area (Å²) in [5, 5.41) is 29.1. The van der Waals surface area contributed by atoms with Gasteiger partial charge in [0.15, 0.2) is 5.78 Å². The molecule has 0 aliphatic carbocycles. The van der Waals surface area contributed by atoms with Gasteiger partial charge in [0.2, 0.25) is 0 Å². The van der Waals surface area contributed by atoms with Crippen molar-refractivity contribution >= 4 is 17.5 Å². The molecule has 0 aliphatic rings. The van der Waals surface area contributed by atoms with Gasteiger partial charge in [-0.15, -0.1) is 0 Å². The van der Waals surface area contributed by atoms with Gasteiger partial charge >= 0.3 is 0 Å². The van der Waals surface area contributed by atoms with Crippen LogP contribution in [0.2, 0.25) is 0 Å². The highest BCUT2D eigenvalue weighted by Gasteiger charge is 2.17. The lowest BCUT2D eigenvalue weighted by Crippen LogP contribution is -2.30. The number of carbonyl (C=O) groups is 1. The molecule has 0 spiro atoms. The maximum absolute atomic E-state index is 10.8. The van der Waals surface area contributed by atoms with Gasteiger partial charge in [-0.25, -0.2) is 0 Å². The van der Waals surface area contributed by atoms with Crippen LogP contribution in [0.1, 0.15) is 12.5 Å². The van der Waals surface area contributed by atoms with E-state index in [1.807, 2.05) is 0 Å². The fourth-order valence-electron chi connectivity index (χ4n) is 1.26. The predicted molar refractivity (Wildman–Crippen MR) is 64.8 cm³/mol. The van der Waals surface area contributed by atoms with Gasteiger partial charge in [0.25, 0.3) is 5.69 Å². The Hall–Kier alpha value is -2.05. The van der Waals surface area contributed by atoms with Crippen LogP contribution in [0.5, 0.6) is 0 Å². The minimum absolute atomic E-state index is 0.0310. The average molecular weight is 251 g/mol. The monoisotopic (exact) mass is 251 g/mol. The van der Waals surface area contributed by atoms with Crippen molar-refractivity contribution in [2.24, 2.45) is 0 Å². The lowest BCUT2D eigenvalue weighted by atomic mass is 10.1. The Morgan fingerprint density at radius 1 is 1.33 bits per heavy atom. The molecule has 2 atom stereocenters. The minimum atomic E-state index is -1.46. The highest BCUT2D eigenvalue weighted by Crippen LogP contribution is 2.13. The first-order valence-corrected chi connectivity index (χ1v) is 5.21. The maximum Gasteiger partial charge on any atom is 0.269 e. The molecule has 18 heavy (non-hydrogen) atoms. The van der Waals surface area contributed by atoms with E-state index in [9.17, 15) is 25.1 Å². The van der Waals surface area contributed by atoms with E-state index in [0.717, 1.165) is 0 Å². The van der Waals surface area contributed by atoms with Crippen molar-refractivity contribution in [2.75, 3.05) is 0 Å².